The molecule has 0 amide bonds. The molecular weight excluding hydrogens is 240 g/mol. The molecule has 1 aromatic carbocycles. The van der Waals surface area contributed by atoms with Crippen molar-refractivity contribution in [1.29, 1.82) is 0 Å². The van der Waals surface area contributed by atoms with E-state index in [1.54, 1.807) is 11.3 Å². The van der Waals surface area contributed by atoms with Gasteiger partial charge in [-0.3, -0.25) is 4.98 Å². The molecular formula is C15H16N2S. The average molecular weight is 256 g/mol. The quantitative estimate of drug-likeness (QED) is 0.676. The molecule has 3 aromatic rings. The third-order valence-electron chi connectivity index (χ3n) is 3.39. The number of para-hydroxylation sites is 1. The summed E-state index contributed by atoms with van der Waals surface area (Å²) in [7, 11) is 0. The highest BCUT2D eigenvalue weighted by Crippen LogP contribution is 2.33. The Hall–Kier alpha value is -1.48. The largest absolute Gasteiger partial charge is 0.250 e. The van der Waals surface area contributed by atoms with Crippen molar-refractivity contribution in [3.05, 3.63) is 35.5 Å². The van der Waals surface area contributed by atoms with Crippen molar-refractivity contribution < 1.29 is 0 Å². The van der Waals surface area contributed by atoms with Crippen molar-refractivity contribution in [2.75, 3.05) is 0 Å². The van der Waals surface area contributed by atoms with E-state index in [4.69, 9.17) is 4.98 Å². The van der Waals surface area contributed by atoms with E-state index in [0.717, 1.165) is 23.1 Å². The van der Waals surface area contributed by atoms with Gasteiger partial charge >= 0.3 is 0 Å². The third kappa shape index (κ3) is 1.79. The Kier molecular flexibility index (Phi) is 3.00. The first-order valence-corrected chi connectivity index (χ1v) is 7.31. The van der Waals surface area contributed by atoms with Crippen LogP contribution in [0.5, 0.6) is 0 Å². The van der Waals surface area contributed by atoms with E-state index < -0.39 is 0 Å². The lowest BCUT2D eigenvalue weighted by molar-refractivity contribution is 0.654. The Labute approximate surface area is 111 Å². The predicted molar refractivity (Wildman–Crippen MR) is 78.2 cm³/mol. The molecule has 0 fully saturated rings. The summed E-state index contributed by atoms with van der Waals surface area (Å²) < 4.78 is 1.28. The lowest BCUT2D eigenvalue weighted by Crippen LogP contribution is -1.99. The summed E-state index contributed by atoms with van der Waals surface area (Å²) in [6.07, 6.45) is 2.35. The SMILES string of the molecule is CCCC(C)c1nc2ccccc2c2scnc12. The maximum absolute atomic E-state index is 4.84. The van der Waals surface area contributed by atoms with Crippen LogP contribution < -0.4 is 0 Å². The van der Waals surface area contributed by atoms with Gasteiger partial charge in [0.1, 0.15) is 5.52 Å². The van der Waals surface area contributed by atoms with Gasteiger partial charge in [0, 0.05) is 11.3 Å². The molecule has 0 radical (unpaired) electrons. The van der Waals surface area contributed by atoms with Crippen LogP contribution in [0.15, 0.2) is 29.8 Å². The van der Waals surface area contributed by atoms with Crippen molar-refractivity contribution in [1.82, 2.24) is 9.97 Å². The number of benzene rings is 1. The summed E-state index contributed by atoms with van der Waals surface area (Å²) in [5, 5.41) is 1.22. The van der Waals surface area contributed by atoms with Gasteiger partial charge < -0.3 is 0 Å². The van der Waals surface area contributed by atoms with Crippen LogP contribution in [0.2, 0.25) is 0 Å². The first kappa shape index (κ1) is 11.6. The predicted octanol–water partition coefficient (Wildman–Crippen LogP) is 4.75. The Morgan fingerprint density at radius 2 is 2.11 bits per heavy atom. The third-order valence-corrected chi connectivity index (χ3v) is 4.25. The van der Waals surface area contributed by atoms with Gasteiger partial charge in [-0.15, -0.1) is 11.3 Å². The molecule has 0 saturated carbocycles. The number of nitrogens with zero attached hydrogens (tertiary/aromatic N) is 2. The smallest absolute Gasteiger partial charge is 0.104 e. The number of rotatable bonds is 3. The average Bonchev–Trinajstić information content (AvgIpc) is 2.87. The van der Waals surface area contributed by atoms with Crippen molar-refractivity contribution in [3.63, 3.8) is 0 Å². The molecule has 0 aliphatic carbocycles. The summed E-state index contributed by atoms with van der Waals surface area (Å²) in [6, 6.07) is 8.35. The minimum Gasteiger partial charge on any atom is -0.250 e. The van der Waals surface area contributed by atoms with Crippen molar-refractivity contribution in [2.24, 2.45) is 0 Å². The molecule has 18 heavy (non-hydrogen) atoms. The van der Waals surface area contributed by atoms with Gasteiger partial charge in [-0.25, -0.2) is 4.98 Å². The molecule has 0 saturated heterocycles. The molecule has 2 heterocycles. The number of thiazole rings is 1. The summed E-state index contributed by atoms with van der Waals surface area (Å²) in [5.41, 5.74) is 5.28. The Balaban J connectivity index is 2.31. The van der Waals surface area contributed by atoms with Crippen LogP contribution in [0.4, 0.5) is 0 Å². The standard InChI is InChI=1S/C15H16N2S/c1-3-6-10(2)13-14-15(18-9-16-14)11-7-4-5-8-12(11)17-13/h4-5,7-10H,3,6H2,1-2H3. The molecule has 1 unspecified atom stereocenters. The van der Waals surface area contributed by atoms with E-state index in [-0.39, 0.29) is 0 Å². The maximum Gasteiger partial charge on any atom is 0.104 e. The monoisotopic (exact) mass is 256 g/mol. The number of pyridine rings is 1. The highest BCUT2D eigenvalue weighted by molar-refractivity contribution is 7.17. The number of hydrogen-bond acceptors (Lipinski definition) is 3. The zero-order valence-electron chi connectivity index (χ0n) is 10.7. The number of hydrogen-bond donors (Lipinski definition) is 0. The Bertz CT molecular complexity index is 687. The van der Waals surface area contributed by atoms with Crippen LogP contribution in [0.3, 0.4) is 0 Å². The van der Waals surface area contributed by atoms with Gasteiger partial charge in [0.15, 0.2) is 0 Å². The molecule has 2 aromatic heterocycles. The van der Waals surface area contributed by atoms with Crippen LogP contribution >= 0.6 is 11.3 Å². The summed E-state index contributed by atoms with van der Waals surface area (Å²) in [5.74, 6) is 0.476. The minimum absolute atomic E-state index is 0.476. The van der Waals surface area contributed by atoms with Gasteiger partial charge in [-0.2, -0.15) is 0 Å². The molecule has 92 valence electrons. The highest BCUT2D eigenvalue weighted by Gasteiger charge is 2.15. The highest BCUT2D eigenvalue weighted by atomic mass is 32.1. The van der Waals surface area contributed by atoms with Crippen molar-refractivity contribution in [2.45, 2.75) is 32.6 Å². The second kappa shape index (κ2) is 4.65. The van der Waals surface area contributed by atoms with E-state index in [2.05, 4.69) is 43.1 Å². The zero-order valence-corrected chi connectivity index (χ0v) is 11.5. The van der Waals surface area contributed by atoms with E-state index in [9.17, 15) is 0 Å². The zero-order chi connectivity index (χ0) is 12.5. The van der Waals surface area contributed by atoms with Crippen molar-refractivity contribution in [3.8, 4) is 0 Å². The molecule has 0 aliphatic heterocycles. The van der Waals surface area contributed by atoms with Gasteiger partial charge in [0.2, 0.25) is 0 Å². The molecule has 2 nitrogen and oxygen atoms in total. The first-order valence-electron chi connectivity index (χ1n) is 6.43. The minimum atomic E-state index is 0.476. The van der Waals surface area contributed by atoms with Crippen molar-refractivity contribution >= 4 is 32.5 Å². The van der Waals surface area contributed by atoms with E-state index in [1.165, 1.54) is 16.5 Å². The summed E-state index contributed by atoms with van der Waals surface area (Å²) in [6.45, 7) is 4.47. The second-order valence-corrected chi connectivity index (χ2v) is 5.59. The van der Waals surface area contributed by atoms with Gasteiger partial charge in [-0.05, 0) is 12.5 Å². The molecule has 0 bridgehead atoms. The van der Waals surface area contributed by atoms with Crippen LogP contribution in [0.25, 0.3) is 21.1 Å². The van der Waals surface area contributed by atoms with Crippen LogP contribution in [0, 0.1) is 0 Å². The normalized spacial score (nSPS) is 13.2. The number of aromatic nitrogens is 2. The van der Waals surface area contributed by atoms with Crippen LogP contribution in [-0.4, -0.2) is 9.97 Å². The molecule has 0 spiro atoms. The lowest BCUT2D eigenvalue weighted by atomic mass is 10.00. The van der Waals surface area contributed by atoms with Gasteiger partial charge in [-0.1, -0.05) is 38.5 Å². The lowest BCUT2D eigenvalue weighted by Gasteiger charge is -2.11. The van der Waals surface area contributed by atoms with Gasteiger partial charge in [0.05, 0.1) is 21.4 Å². The maximum atomic E-state index is 4.84. The van der Waals surface area contributed by atoms with E-state index >= 15 is 0 Å². The van der Waals surface area contributed by atoms with E-state index in [1.807, 2.05) is 5.51 Å². The Morgan fingerprint density at radius 1 is 1.28 bits per heavy atom. The molecule has 1 atom stereocenters. The molecule has 0 N–H and O–H groups in total. The summed E-state index contributed by atoms with van der Waals surface area (Å²) >= 11 is 1.72. The molecule has 0 aliphatic rings. The molecule has 3 rings (SSSR count). The topological polar surface area (TPSA) is 25.8 Å². The fourth-order valence-corrected chi connectivity index (χ4v) is 3.31. The summed E-state index contributed by atoms with van der Waals surface area (Å²) in [4.78, 5) is 9.37. The van der Waals surface area contributed by atoms with Gasteiger partial charge in [0.25, 0.3) is 0 Å². The van der Waals surface area contributed by atoms with E-state index in [0.29, 0.717) is 5.92 Å². The fraction of sp³-hybridized carbons (Fsp3) is 0.333. The molecule has 3 heteroatoms. The van der Waals surface area contributed by atoms with Crippen LogP contribution in [0.1, 0.15) is 38.3 Å². The Morgan fingerprint density at radius 3 is 2.94 bits per heavy atom. The fourth-order valence-electron chi connectivity index (χ4n) is 2.48. The number of fused-ring (bicyclic) bond motifs is 3. The first-order chi connectivity index (χ1) is 8.81. The van der Waals surface area contributed by atoms with Crippen LogP contribution in [-0.2, 0) is 0 Å². The second-order valence-electron chi connectivity index (χ2n) is 4.73.